The van der Waals surface area contributed by atoms with Crippen molar-refractivity contribution in [2.45, 2.75) is 129 Å². The van der Waals surface area contributed by atoms with Crippen molar-refractivity contribution in [1.29, 1.82) is 0 Å². The first-order chi connectivity index (χ1) is 15.5. The van der Waals surface area contributed by atoms with Crippen LogP contribution in [0.25, 0.3) is 0 Å². The monoisotopic (exact) mass is 476 g/mol. The van der Waals surface area contributed by atoms with Gasteiger partial charge in [-0.15, -0.1) is 0 Å². The van der Waals surface area contributed by atoms with Crippen molar-refractivity contribution in [1.82, 2.24) is 0 Å². The summed E-state index contributed by atoms with van der Waals surface area (Å²) in [5.74, 6) is 1.93. The minimum atomic E-state index is -1.40. The standard InChI is InChI=1S/C26H52O7/c1-18(2)9-7-10-19(3)13-16-32-26(5,6)14-8-11-20(4)12-15-31-25-24(30)23(29)22(28)21(17-27)33-25/h18-25,27-30H,7-17H2,1-6H3. The fraction of sp³-hybridized carbons (Fsp3) is 1.00. The molecule has 0 amide bonds. The van der Waals surface area contributed by atoms with Gasteiger partial charge < -0.3 is 34.6 Å². The summed E-state index contributed by atoms with van der Waals surface area (Å²) in [5, 5.41) is 38.9. The number of rotatable bonds is 17. The van der Waals surface area contributed by atoms with E-state index in [1.807, 2.05) is 0 Å². The van der Waals surface area contributed by atoms with E-state index in [0.717, 1.165) is 44.6 Å². The predicted octanol–water partition coefficient (Wildman–Crippen LogP) is 3.65. The molecule has 1 saturated heterocycles. The third kappa shape index (κ3) is 12.3. The molecule has 0 bridgehead atoms. The quantitative estimate of drug-likeness (QED) is 0.254. The molecule has 7 unspecified atom stereocenters. The second-order valence-corrected chi connectivity index (χ2v) is 11.2. The molecule has 0 saturated carbocycles. The van der Waals surface area contributed by atoms with Gasteiger partial charge in [-0.2, -0.15) is 0 Å². The van der Waals surface area contributed by atoms with Crippen molar-refractivity contribution in [3.8, 4) is 0 Å². The zero-order chi connectivity index (χ0) is 25.0. The Bertz CT molecular complexity index is 497. The van der Waals surface area contributed by atoms with Crippen molar-refractivity contribution < 1.29 is 34.6 Å². The third-order valence-electron chi connectivity index (χ3n) is 6.80. The average molecular weight is 477 g/mol. The van der Waals surface area contributed by atoms with Crippen LogP contribution in [0.4, 0.5) is 0 Å². The summed E-state index contributed by atoms with van der Waals surface area (Å²) in [6.45, 7) is 14.1. The van der Waals surface area contributed by atoms with Gasteiger partial charge >= 0.3 is 0 Å². The van der Waals surface area contributed by atoms with Crippen molar-refractivity contribution in [2.24, 2.45) is 17.8 Å². The van der Waals surface area contributed by atoms with Crippen molar-refractivity contribution in [2.75, 3.05) is 19.8 Å². The molecule has 7 heteroatoms. The molecule has 1 heterocycles. The van der Waals surface area contributed by atoms with Gasteiger partial charge in [0.25, 0.3) is 0 Å². The highest BCUT2D eigenvalue weighted by atomic mass is 16.7. The summed E-state index contributed by atoms with van der Waals surface area (Å²) < 4.78 is 17.2. The maximum absolute atomic E-state index is 10.0. The summed E-state index contributed by atoms with van der Waals surface area (Å²) in [6, 6.07) is 0. The summed E-state index contributed by atoms with van der Waals surface area (Å²) >= 11 is 0. The van der Waals surface area contributed by atoms with E-state index in [0.29, 0.717) is 18.4 Å². The van der Waals surface area contributed by atoms with Crippen LogP contribution in [0.1, 0.15) is 92.9 Å². The van der Waals surface area contributed by atoms with Crippen LogP contribution < -0.4 is 0 Å². The lowest BCUT2D eigenvalue weighted by Gasteiger charge is -2.39. The van der Waals surface area contributed by atoms with Crippen LogP contribution in [-0.4, -0.2) is 76.6 Å². The van der Waals surface area contributed by atoms with E-state index in [4.69, 9.17) is 14.2 Å². The van der Waals surface area contributed by atoms with Gasteiger partial charge in [0.2, 0.25) is 0 Å². The topological polar surface area (TPSA) is 109 Å². The Kier molecular flexibility index (Phi) is 14.6. The molecule has 0 radical (unpaired) electrons. The van der Waals surface area contributed by atoms with Crippen LogP contribution >= 0.6 is 0 Å². The molecule has 0 aromatic heterocycles. The molecule has 0 aromatic rings. The Labute approximate surface area is 201 Å². The normalized spacial score (nSPS) is 28.3. The zero-order valence-corrected chi connectivity index (χ0v) is 21.9. The lowest BCUT2D eigenvalue weighted by atomic mass is 9.94. The second kappa shape index (κ2) is 15.7. The Morgan fingerprint density at radius 2 is 1.39 bits per heavy atom. The van der Waals surface area contributed by atoms with Gasteiger partial charge in [0.05, 0.1) is 18.8 Å². The van der Waals surface area contributed by atoms with Gasteiger partial charge in [-0.1, -0.05) is 59.8 Å². The van der Waals surface area contributed by atoms with E-state index < -0.39 is 37.3 Å². The summed E-state index contributed by atoms with van der Waals surface area (Å²) in [4.78, 5) is 0. The molecule has 7 atom stereocenters. The lowest BCUT2D eigenvalue weighted by molar-refractivity contribution is -0.301. The molecule has 0 aromatic carbocycles. The van der Waals surface area contributed by atoms with E-state index in [2.05, 4.69) is 41.5 Å². The molecule has 0 spiro atoms. The number of hydrogen-bond acceptors (Lipinski definition) is 7. The molecule has 1 rings (SSSR count). The maximum atomic E-state index is 10.0. The van der Waals surface area contributed by atoms with Gasteiger partial charge in [0.1, 0.15) is 24.4 Å². The van der Waals surface area contributed by atoms with Crippen molar-refractivity contribution >= 4 is 0 Å². The number of ether oxygens (including phenoxy) is 3. The van der Waals surface area contributed by atoms with Crippen LogP contribution in [0.2, 0.25) is 0 Å². The van der Waals surface area contributed by atoms with Gasteiger partial charge in [-0.25, -0.2) is 0 Å². The third-order valence-corrected chi connectivity index (χ3v) is 6.80. The zero-order valence-electron chi connectivity index (χ0n) is 21.9. The summed E-state index contributed by atoms with van der Waals surface area (Å²) in [7, 11) is 0. The largest absolute Gasteiger partial charge is 0.394 e. The van der Waals surface area contributed by atoms with Crippen molar-refractivity contribution in [3.05, 3.63) is 0 Å². The Balaban J connectivity index is 2.18. The van der Waals surface area contributed by atoms with E-state index in [-0.39, 0.29) is 5.60 Å². The average Bonchev–Trinajstić information content (AvgIpc) is 2.73. The first-order valence-electron chi connectivity index (χ1n) is 13.0. The highest BCUT2D eigenvalue weighted by Crippen LogP contribution is 2.25. The van der Waals surface area contributed by atoms with Crippen LogP contribution in [-0.2, 0) is 14.2 Å². The molecular formula is C26H52O7. The SMILES string of the molecule is CC(C)CCCC(C)CCOC(C)(C)CCCC(C)CCOC1OC(CO)C(O)C(O)C1O. The smallest absolute Gasteiger partial charge is 0.186 e. The van der Waals surface area contributed by atoms with Crippen molar-refractivity contribution in [3.63, 3.8) is 0 Å². The van der Waals surface area contributed by atoms with Crippen LogP contribution in [0, 0.1) is 17.8 Å². The first kappa shape index (κ1) is 30.8. The minimum absolute atomic E-state index is 0.121. The Hall–Kier alpha value is -0.280. The van der Waals surface area contributed by atoms with Gasteiger partial charge in [-0.05, 0) is 50.9 Å². The molecule has 1 aliphatic rings. The van der Waals surface area contributed by atoms with Gasteiger partial charge in [0.15, 0.2) is 6.29 Å². The number of hydrogen-bond donors (Lipinski definition) is 4. The molecular weight excluding hydrogens is 424 g/mol. The van der Waals surface area contributed by atoms with Crippen LogP contribution in [0.15, 0.2) is 0 Å². The van der Waals surface area contributed by atoms with E-state index in [9.17, 15) is 20.4 Å². The van der Waals surface area contributed by atoms with E-state index >= 15 is 0 Å². The Morgan fingerprint density at radius 1 is 0.788 bits per heavy atom. The highest BCUT2D eigenvalue weighted by molar-refractivity contribution is 4.88. The number of aliphatic hydroxyl groups excluding tert-OH is 4. The highest BCUT2D eigenvalue weighted by Gasteiger charge is 2.43. The first-order valence-corrected chi connectivity index (χ1v) is 13.0. The fourth-order valence-electron chi connectivity index (χ4n) is 4.24. The molecule has 7 nitrogen and oxygen atoms in total. The Morgan fingerprint density at radius 3 is 2.00 bits per heavy atom. The molecule has 198 valence electrons. The minimum Gasteiger partial charge on any atom is -0.394 e. The fourth-order valence-corrected chi connectivity index (χ4v) is 4.24. The van der Waals surface area contributed by atoms with Crippen LogP contribution in [0.3, 0.4) is 0 Å². The van der Waals surface area contributed by atoms with E-state index in [1.165, 1.54) is 19.3 Å². The lowest BCUT2D eigenvalue weighted by Crippen LogP contribution is -2.59. The van der Waals surface area contributed by atoms with E-state index in [1.54, 1.807) is 0 Å². The predicted molar refractivity (Wildman–Crippen MR) is 130 cm³/mol. The van der Waals surface area contributed by atoms with Crippen LogP contribution in [0.5, 0.6) is 0 Å². The summed E-state index contributed by atoms with van der Waals surface area (Å²) in [6.07, 6.45) is 2.86. The molecule has 33 heavy (non-hydrogen) atoms. The molecule has 4 N–H and O–H groups in total. The van der Waals surface area contributed by atoms with Gasteiger partial charge in [0, 0.05) is 6.61 Å². The van der Waals surface area contributed by atoms with Gasteiger partial charge in [-0.3, -0.25) is 0 Å². The summed E-state index contributed by atoms with van der Waals surface area (Å²) in [5.41, 5.74) is -0.121. The molecule has 1 fully saturated rings. The molecule has 0 aliphatic carbocycles. The number of aliphatic hydroxyl groups is 4. The maximum Gasteiger partial charge on any atom is 0.186 e. The molecule has 1 aliphatic heterocycles. The second-order valence-electron chi connectivity index (χ2n) is 11.2.